The number of carbonyl (C=O) groups is 1. The second-order valence-corrected chi connectivity index (χ2v) is 4.06. The number of fused-ring (bicyclic) bond motifs is 1. The van der Waals surface area contributed by atoms with E-state index in [0.29, 0.717) is 0 Å². The average Bonchev–Trinajstić information content (AvgIpc) is 2.74. The zero-order chi connectivity index (χ0) is 13.4. The van der Waals surface area contributed by atoms with Crippen molar-refractivity contribution in [2.75, 3.05) is 0 Å². The highest BCUT2D eigenvalue weighted by Crippen LogP contribution is 2.07. The van der Waals surface area contributed by atoms with Gasteiger partial charge in [-0.05, 0) is 6.92 Å². The summed E-state index contributed by atoms with van der Waals surface area (Å²) in [6, 6.07) is -0.721. The number of aromatic nitrogens is 4. The largest absolute Gasteiger partial charge is 0.481 e. The molecule has 0 bridgehead atoms. The smallest absolute Gasteiger partial charge is 0.332 e. The van der Waals surface area contributed by atoms with Gasteiger partial charge in [0.1, 0.15) is 5.52 Å². The number of rotatable bonds is 3. The molecule has 0 spiro atoms. The molecule has 18 heavy (non-hydrogen) atoms. The fraction of sp³-hybridized carbons (Fsp3) is 0.400. The minimum absolute atomic E-state index is 0.189. The van der Waals surface area contributed by atoms with Crippen LogP contribution in [0.25, 0.3) is 11.2 Å². The number of aryl methyl sites for hydroxylation is 1. The molecule has 2 aromatic heterocycles. The summed E-state index contributed by atoms with van der Waals surface area (Å²) < 4.78 is 2.14. The molecule has 0 fully saturated rings. The maximum atomic E-state index is 12.1. The first-order valence-corrected chi connectivity index (χ1v) is 5.30. The van der Waals surface area contributed by atoms with Crippen molar-refractivity contribution in [1.82, 2.24) is 19.1 Å². The third-order valence-corrected chi connectivity index (χ3v) is 2.77. The standard InChI is InChI=1S/C10H12N4O4/c1-5(3-6(15)16)14-9(17)7-8(12-4-11-7)13(2)10(14)18/h4-5H,3H2,1-2H3,(H,11,12)(H,15,16). The lowest BCUT2D eigenvalue weighted by atomic mass is 10.2. The summed E-state index contributed by atoms with van der Waals surface area (Å²) in [5.74, 6) is -1.07. The number of hydrogen-bond acceptors (Lipinski definition) is 4. The number of carboxylic acid groups (broad SMARTS) is 1. The van der Waals surface area contributed by atoms with Crippen LogP contribution in [0.15, 0.2) is 15.9 Å². The Hall–Kier alpha value is -2.38. The van der Waals surface area contributed by atoms with Crippen molar-refractivity contribution in [3.05, 3.63) is 27.2 Å². The summed E-state index contributed by atoms with van der Waals surface area (Å²) in [4.78, 5) is 41.3. The van der Waals surface area contributed by atoms with Gasteiger partial charge < -0.3 is 10.1 Å². The fourth-order valence-electron chi connectivity index (χ4n) is 1.89. The number of H-pyrrole nitrogens is 1. The molecule has 0 saturated heterocycles. The molecule has 96 valence electrons. The molecule has 2 N–H and O–H groups in total. The Morgan fingerprint density at radius 3 is 2.83 bits per heavy atom. The highest BCUT2D eigenvalue weighted by molar-refractivity contribution is 5.69. The van der Waals surface area contributed by atoms with Crippen LogP contribution < -0.4 is 11.2 Å². The molecule has 0 radical (unpaired) electrons. The van der Waals surface area contributed by atoms with E-state index in [-0.39, 0.29) is 17.6 Å². The van der Waals surface area contributed by atoms with Gasteiger partial charge in [0.05, 0.1) is 12.7 Å². The third kappa shape index (κ3) is 1.71. The second kappa shape index (κ2) is 4.13. The molecule has 2 heterocycles. The van der Waals surface area contributed by atoms with Crippen molar-refractivity contribution in [3.8, 4) is 0 Å². The van der Waals surface area contributed by atoms with Crippen LogP contribution in [0.5, 0.6) is 0 Å². The van der Waals surface area contributed by atoms with E-state index < -0.39 is 23.3 Å². The summed E-state index contributed by atoms with van der Waals surface area (Å²) in [7, 11) is 1.48. The van der Waals surface area contributed by atoms with Gasteiger partial charge in [0.2, 0.25) is 0 Å². The maximum absolute atomic E-state index is 12.1. The van der Waals surface area contributed by atoms with Crippen molar-refractivity contribution in [2.45, 2.75) is 19.4 Å². The molecule has 0 aliphatic rings. The van der Waals surface area contributed by atoms with Gasteiger partial charge >= 0.3 is 11.7 Å². The Kier molecular flexibility index (Phi) is 2.77. The molecule has 0 aliphatic carbocycles. The van der Waals surface area contributed by atoms with E-state index in [1.54, 1.807) is 0 Å². The Morgan fingerprint density at radius 1 is 1.56 bits per heavy atom. The first-order valence-electron chi connectivity index (χ1n) is 5.30. The molecular weight excluding hydrogens is 240 g/mol. The molecule has 1 unspecified atom stereocenters. The van der Waals surface area contributed by atoms with E-state index in [4.69, 9.17) is 5.11 Å². The van der Waals surface area contributed by atoms with E-state index in [1.807, 2.05) is 0 Å². The number of imidazole rings is 1. The lowest BCUT2D eigenvalue weighted by molar-refractivity contribution is -0.137. The summed E-state index contributed by atoms with van der Waals surface area (Å²) in [6.45, 7) is 1.51. The first-order chi connectivity index (χ1) is 8.43. The van der Waals surface area contributed by atoms with Gasteiger partial charge in [-0.1, -0.05) is 0 Å². The number of nitrogens with one attached hydrogen (secondary N) is 1. The number of hydrogen-bond donors (Lipinski definition) is 2. The van der Waals surface area contributed by atoms with E-state index in [0.717, 1.165) is 4.57 Å². The van der Waals surface area contributed by atoms with Gasteiger partial charge in [-0.25, -0.2) is 9.78 Å². The van der Waals surface area contributed by atoms with Crippen LogP contribution in [0.3, 0.4) is 0 Å². The van der Waals surface area contributed by atoms with Crippen LogP contribution in [0.2, 0.25) is 0 Å². The zero-order valence-electron chi connectivity index (χ0n) is 9.88. The van der Waals surface area contributed by atoms with Gasteiger partial charge in [0.25, 0.3) is 5.56 Å². The van der Waals surface area contributed by atoms with Crippen molar-refractivity contribution in [2.24, 2.45) is 7.05 Å². The molecule has 2 aromatic rings. The lowest BCUT2D eigenvalue weighted by Crippen LogP contribution is -2.41. The SMILES string of the molecule is CC(CC(=O)O)n1c(=O)c2[nH]cnc2n(C)c1=O. The highest BCUT2D eigenvalue weighted by atomic mass is 16.4. The Balaban J connectivity index is 2.75. The summed E-state index contributed by atoms with van der Waals surface area (Å²) in [5, 5.41) is 8.73. The average molecular weight is 252 g/mol. The molecule has 0 amide bonds. The van der Waals surface area contributed by atoms with Gasteiger partial charge in [0.15, 0.2) is 5.65 Å². The Morgan fingerprint density at radius 2 is 2.22 bits per heavy atom. The van der Waals surface area contributed by atoms with Crippen LogP contribution in [-0.4, -0.2) is 30.2 Å². The number of aromatic amines is 1. The fourth-order valence-corrected chi connectivity index (χ4v) is 1.89. The van der Waals surface area contributed by atoms with Crippen LogP contribution in [-0.2, 0) is 11.8 Å². The van der Waals surface area contributed by atoms with Crippen molar-refractivity contribution < 1.29 is 9.90 Å². The number of carboxylic acids is 1. The van der Waals surface area contributed by atoms with Gasteiger partial charge in [-0.15, -0.1) is 0 Å². The zero-order valence-corrected chi connectivity index (χ0v) is 9.88. The summed E-state index contributed by atoms with van der Waals surface area (Å²) in [6.07, 6.45) is 1.02. The van der Waals surface area contributed by atoms with Gasteiger partial charge in [-0.3, -0.25) is 18.7 Å². The Bertz CT molecular complexity index is 724. The molecule has 1 atom stereocenters. The van der Waals surface area contributed by atoms with Crippen LogP contribution in [0.4, 0.5) is 0 Å². The summed E-state index contributed by atoms with van der Waals surface area (Å²) in [5.41, 5.74) is -0.689. The molecule has 0 aliphatic heterocycles. The van der Waals surface area contributed by atoms with Gasteiger partial charge in [-0.2, -0.15) is 0 Å². The molecule has 0 aromatic carbocycles. The van der Waals surface area contributed by atoms with Crippen molar-refractivity contribution >= 4 is 17.1 Å². The van der Waals surface area contributed by atoms with E-state index >= 15 is 0 Å². The van der Waals surface area contributed by atoms with Crippen LogP contribution in [0, 0.1) is 0 Å². The van der Waals surface area contributed by atoms with E-state index in [9.17, 15) is 14.4 Å². The predicted octanol–water partition coefficient (Wildman–Crippen LogP) is -0.541. The Labute approximate surface area is 101 Å². The quantitative estimate of drug-likeness (QED) is 0.762. The highest BCUT2D eigenvalue weighted by Gasteiger charge is 2.19. The van der Waals surface area contributed by atoms with E-state index in [2.05, 4.69) is 9.97 Å². The molecular formula is C10H12N4O4. The molecule has 2 rings (SSSR count). The van der Waals surface area contributed by atoms with Crippen molar-refractivity contribution in [3.63, 3.8) is 0 Å². The van der Waals surface area contributed by atoms with Crippen LogP contribution >= 0.6 is 0 Å². The minimum Gasteiger partial charge on any atom is -0.481 e. The van der Waals surface area contributed by atoms with E-state index in [1.165, 1.54) is 24.9 Å². The van der Waals surface area contributed by atoms with Crippen molar-refractivity contribution in [1.29, 1.82) is 0 Å². The lowest BCUT2D eigenvalue weighted by Gasteiger charge is -2.13. The number of nitrogens with zero attached hydrogens (tertiary/aromatic N) is 3. The minimum atomic E-state index is -1.07. The maximum Gasteiger partial charge on any atom is 0.332 e. The first kappa shape index (κ1) is 12.1. The summed E-state index contributed by atoms with van der Waals surface area (Å²) >= 11 is 0. The molecule has 8 nitrogen and oxygen atoms in total. The predicted molar refractivity (Wildman–Crippen MR) is 62.6 cm³/mol. The molecule has 8 heteroatoms. The molecule has 0 saturated carbocycles. The number of aliphatic carboxylic acids is 1. The third-order valence-electron chi connectivity index (χ3n) is 2.77. The topological polar surface area (TPSA) is 110 Å². The second-order valence-electron chi connectivity index (χ2n) is 4.06. The van der Waals surface area contributed by atoms with Crippen LogP contribution in [0.1, 0.15) is 19.4 Å². The monoisotopic (exact) mass is 252 g/mol. The van der Waals surface area contributed by atoms with Gasteiger partial charge in [0, 0.05) is 13.1 Å². The normalized spacial score (nSPS) is 12.8.